The van der Waals surface area contributed by atoms with Gasteiger partial charge in [0.15, 0.2) is 23.0 Å². The van der Waals surface area contributed by atoms with Crippen molar-refractivity contribution < 1.29 is 37.0 Å². The van der Waals surface area contributed by atoms with Crippen LogP contribution in [0.4, 0.5) is 13.2 Å². The molecule has 0 radical (unpaired) electrons. The van der Waals surface area contributed by atoms with E-state index in [2.05, 4.69) is 4.74 Å². The minimum Gasteiger partial charge on any atom is -0.481 e. The number of hydrogen-bond acceptors (Lipinski definition) is 6. The number of carbonyl (C=O) groups is 2. The summed E-state index contributed by atoms with van der Waals surface area (Å²) < 4.78 is 52.4. The van der Waals surface area contributed by atoms with Gasteiger partial charge >= 0.3 is 11.9 Å². The minimum absolute atomic E-state index is 0.0777. The van der Waals surface area contributed by atoms with Gasteiger partial charge in [-0.25, -0.2) is 18.0 Å². The fourth-order valence-electron chi connectivity index (χ4n) is 2.11. The molecule has 0 saturated carbocycles. The smallest absolute Gasteiger partial charge is 0.345 e. The third-order valence-corrected chi connectivity index (χ3v) is 4.16. The van der Waals surface area contributed by atoms with Crippen LogP contribution in [0.15, 0.2) is 14.1 Å². The van der Waals surface area contributed by atoms with E-state index in [4.69, 9.17) is 9.52 Å². The van der Waals surface area contributed by atoms with Crippen LogP contribution in [-0.2, 0) is 9.53 Å². The maximum absolute atomic E-state index is 14.4. The van der Waals surface area contributed by atoms with Gasteiger partial charge in [0.05, 0.1) is 17.3 Å². The number of aliphatic carboxylic acids is 1. The highest BCUT2D eigenvalue weighted by Gasteiger charge is 2.29. The topological polar surface area (TPSA) is 93.8 Å². The first-order valence-electron chi connectivity index (χ1n) is 6.86. The van der Waals surface area contributed by atoms with Crippen molar-refractivity contribution >= 4 is 34.7 Å². The zero-order valence-corrected chi connectivity index (χ0v) is 13.8. The number of aryl methyl sites for hydroxylation is 1. The Morgan fingerprint density at radius 1 is 1.20 bits per heavy atom. The van der Waals surface area contributed by atoms with Gasteiger partial charge in [-0.15, -0.1) is 11.8 Å². The molecule has 1 heterocycles. The lowest BCUT2D eigenvalue weighted by Gasteiger charge is -2.10. The molecule has 0 spiro atoms. The van der Waals surface area contributed by atoms with Gasteiger partial charge in [0.2, 0.25) is 5.43 Å². The number of fused-ring (bicyclic) bond motifs is 1. The van der Waals surface area contributed by atoms with E-state index in [1.807, 2.05) is 0 Å². The normalized spacial score (nSPS) is 10.9. The second kappa shape index (κ2) is 7.18. The SMILES string of the molecule is CCOC(=O)c1c(C)oc2c(F)c(SCC(=O)O)c(F)c(F)c2c1=O. The van der Waals surface area contributed by atoms with Crippen LogP contribution in [0.2, 0.25) is 0 Å². The molecule has 0 aliphatic rings. The molecule has 0 bridgehead atoms. The zero-order valence-electron chi connectivity index (χ0n) is 12.9. The number of carbonyl (C=O) groups excluding carboxylic acids is 1. The van der Waals surface area contributed by atoms with Crippen LogP contribution < -0.4 is 5.43 Å². The van der Waals surface area contributed by atoms with Crippen LogP contribution in [0.5, 0.6) is 0 Å². The second-order valence-electron chi connectivity index (χ2n) is 4.74. The van der Waals surface area contributed by atoms with E-state index < -0.39 is 62.0 Å². The van der Waals surface area contributed by atoms with E-state index >= 15 is 0 Å². The second-order valence-corrected chi connectivity index (χ2v) is 5.73. The Bertz CT molecular complexity index is 937. The quantitative estimate of drug-likeness (QED) is 0.487. The fourth-order valence-corrected chi connectivity index (χ4v) is 2.81. The van der Waals surface area contributed by atoms with Crippen molar-refractivity contribution in [1.82, 2.24) is 0 Å². The van der Waals surface area contributed by atoms with Crippen LogP contribution >= 0.6 is 11.8 Å². The summed E-state index contributed by atoms with van der Waals surface area (Å²) in [5.41, 5.74) is -2.84. The molecule has 0 atom stereocenters. The first kappa shape index (κ1) is 18.8. The molecule has 1 aromatic carbocycles. The van der Waals surface area contributed by atoms with E-state index in [1.54, 1.807) is 0 Å². The minimum atomic E-state index is -1.73. The van der Waals surface area contributed by atoms with Crippen molar-refractivity contribution in [3.8, 4) is 0 Å². The molecule has 134 valence electrons. The van der Waals surface area contributed by atoms with Gasteiger partial charge in [-0.3, -0.25) is 9.59 Å². The molecule has 1 N–H and O–H groups in total. The molecule has 1 aromatic heterocycles. The maximum Gasteiger partial charge on any atom is 0.345 e. The Morgan fingerprint density at radius 3 is 2.40 bits per heavy atom. The van der Waals surface area contributed by atoms with E-state index in [0.717, 1.165) is 6.92 Å². The number of carboxylic acids is 1. The molecule has 0 unspecified atom stereocenters. The molecule has 25 heavy (non-hydrogen) atoms. The molecule has 0 aliphatic heterocycles. The molecular formula is C15H11F3O6S. The van der Waals surface area contributed by atoms with Gasteiger partial charge in [0.1, 0.15) is 16.7 Å². The highest BCUT2D eigenvalue weighted by Crippen LogP contribution is 2.33. The summed E-state index contributed by atoms with van der Waals surface area (Å²) in [6.07, 6.45) is 0. The average Bonchev–Trinajstić information content (AvgIpc) is 2.52. The number of thioether (sulfide) groups is 1. The predicted molar refractivity (Wildman–Crippen MR) is 81.4 cm³/mol. The number of esters is 1. The fraction of sp³-hybridized carbons (Fsp3) is 0.267. The summed E-state index contributed by atoms with van der Waals surface area (Å²) in [5, 5.41) is 7.51. The number of rotatable bonds is 5. The standard InChI is InChI=1S/C15H11F3O6S/c1-3-23-15(22)7-5(2)24-13-8(12(7)21)9(16)10(17)14(11(13)18)25-4-6(19)20/h3-4H2,1-2H3,(H,19,20). The Labute approximate surface area is 142 Å². The lowest BCUT2D eigenvalue weighted by molar-refractivity contribution is -0.133. The highest BCUT2D eigenvalue weighted by molar-refractivity contribution is 8.00. The molecule has 0 amide bonds. The van der Waals surface area contributed by atoms with Gasteiger partial charge in [-0.1, -0.05) is 0 Å². The number of ether oxygens (including phenoxy) is 1. The zero-order chi connectivity index (χ0) is 18.9. The van der Waals surface area contributed by atoms with Crippen molar-refractivity contribution in [3.63, 3.8) is 0 Å². The van der Waals surface area contributed by atoms with E-state index in [1.165, 1.54) is 6.92 Å². The van der Waals surface area contributed by atoms with Crippen LogP contribution in [-0.4, -0.2) is 29.4 Å². The molecule has 6 nitrogen and oxygen atoms in total. The first-order valence-corrected chi connectivity index (χ1v) is 7.84. The molecular weight excluding hydrogens is 365 g/mol. The third kappa shape index (κ3) is 3.34. The Balaban J connectivity index is 2.81. The van der Waals surface area contributed by atoms with Gasteiger partial charge in [0, 0.05) is 0 Å². The van der Waals surface area contributed by atoms with Gasteiger partial charge in [-0.05, 0) is 13.8 Å². The average molecular weight is 376 g/mol. The number of halogens is 3. The van der Waals surface area contributed by atoms with Gasteiger partial charge in [0.25, 0.3) is 0 Å². The van der Waals surface area contributed by atoms with Crippen LogP contribution in [0, 0.1) is 24.4 Å². The van der Waals surface area contributed by atoms with E-state index in [9.17, 15) is 27.6 Å². The lowest BCUT2D eigenvalue weighted by Crippen LogP contribution is -2.21. The van der Waals surface area contributed by atoms with Crippen LogP contribution in [0.25, 0.3) is 11.0 Å². The molecule has 2 rings (SSSR count). The summed E-state index contributed by atoms with van der Waals surface area (Å²) in [6, 6.07) is 0. The van der Waals surface area contributed by atoms with Crippen molar-refractivity contribution in [2.24, 2.45) is 0 Å². The van der Waals surface area contributed by atoms with Gasteiger partial charge in [-0.2, -0.15) is 0 Å². The Kier molecular flexibility index (Phi) is 5.41. The first-order chi connectivity index (χ1) is 11.7. The van der Waals surface area contributed by atoms with Crippen molar-refractivity contribution in [2.75, 3.05) is 12.4 Å². The molecule has 0 saturated heterocycles. The van der Waals surface area contributed by atoms with E-state index in [-0.39, 0.29) is 24.1 Å². The van der Waals surface area contributed by atoms with Crippen molar-refractivity contribution in [2.45, 2.75) is 18.7 Å². The van der Waals surface area contributed by atoms with Crippen LogP contribution in [0.1, 0.15) is 23.0 Å². The maximum atomic E-state index is 14.4. The van der Waals surface area contributed by atoms with E-state index in [0.29, 0.717) is 0 Å². The monoisotopic (exact) mass is 376 g/mol. The third-order valence-electron chi connectivity index (χ3n) is 3.12. The summed E-state index contributed by atoms with van der Waals surface area (Å²) in [6.45, 7) is 2.56. The summed E-state index contributed by atoms with van der Waals surface area (Å²) in [7, 11) is 0. The molecule has 0 aliphatic carbocycles. The number of benzene rings is 1. The highest BCUT2D eigenvalue weighted by atomic mass is 32.2. The Morgan fingerprint density at radius 2 is 1.84 bits per heavy atom. The lowest BCUT2D eigenvalue weighted by atomic mass is 10.1. The molecule has 10 heteroatoms. The van der Waals surface area contributed by atoms with Gasteiger partial charge < -0.3 is 14.3 Å². The van der Waals surface area contributed by atoms with Crippen molar-refractivity contribution in [1.29, 1.82) is 0 Å². The number of hydrogen-bond donors (Lipinski definition) is 1. The largest absolute Gasteiger partial charge is 0.481 e. The van der Waals surface area contributed by atoms with Crippen molar-refractivity contribution in [3.05, 3.63) is 39.0 Å². The summed E-state index contributed by atoms with van der Waals surface area (Å²) in [4.78, 5) is 33.7. The molecule has 2 aromatic rings. The number of carboxylic acid groups (broad SMARTS) is 1. The summed E-state index contributed by atoms with van der Waals surface area (Å²) >= 11 is 0.198. The Hall–Kier alpha value is -2.49. The van der Waals surface area contributed by atoms with Crippen LogP contribution in [0.3, 0.4) is 0 Å². The summed E-state index contributed by atoms with van der Waals surface area (Å²) in [5.74, 6) is -8.44. The molecule has 0 fully saturated rings. The predicted octanol–water partition coefficient (Wildman–Crippen LogP) is 2.87.